The number of aliphatic hydroxyl groups excluding tert-OH is 1. The van der Waals surface area contributed by atoms with Crippen molar-refractivity contribution in [1.29, 1.82) is 0 Å². The Morgan fingerprint density at radius 1 is 1.47 bits per heavy atom. The molecule has 0 fully saturated rings. The molecule has 1 atom stereocenters. The van der Waals surface area contributed by atoms with Gasteiger partial charge in [-0.3, -0.25) is 4.79 Å². The van der Waals surface area contributed by atoms with E-state index in [0.29, 0.717) is 5.75 Å². The molecule has 0 saturated carbocycles. The van der Waals surface area contributed by atoms with Gasteiger partial charge in [0.1, 0.15) is 5.75 Å². The number of benzene rings is 1. The van der Waals surface area contributed by atoms with Gasteiger partial charge in [-0.2, -0.15) is 0 Å². The van der Waals surface area contributed by atoms with E-state index in [-0.39, 0.29) is 19.1 Å². The fourth-order valence-electron chi connectivity index (χ4n) is 1.83. The van der Waals surface area contributed by atoms with E-state index in [1.165, 1.54) is 0 Å². The van der Waals surface area contributed by atoms with E-state index < -0.39 is 6.10 Å². The van der Waals surface area contributed by atoms with Crippen LogP contribution >= 0.6 is 0 Å². The first-order valence-electron chi connectivity index (χ1n) is 6.08. The highest BCUT2D eigenvalue weighted by molar-refractivity contribution is 5.81. The zero-order chi connectivity index (χ0) is 14.4. The van der Waals surface area contributed by atoms with Gasteiger partial charge in [-0.05, 0) is 37.5 Å². The van der Waals surface area contributed by atoms with Crippen LogP contribution in [0.2, 0.25) is 0 Å². The molecule has 1 unspecified atom stereocenters. The summed E-state index contributed by atoms with van der Waals surface area (Å²) in [7, 11) is 0. The molecular formula is C15H19NO3. The summed E-state index contributed by atoms with van der Waals surface area (Å²) >= 11 is 0. The molecule has 0 aromatic heterocycles. The molecule has 0 bridgehead atoms. The summed E-state index contributed by atoms with van der Waals surface area (Å²) in [6.07, 6.45) is 4.46. The van der Waals surface area contributed by atoms with Gasteiger partial charge in [0.2, 0.25) is 0 Å². The Bertz CT molecular complexity index is 480. The van der Waals surface area contributed by atoms with Crippen molar-refractivity contribution in [3.8, 4) is 18.1 Å². The van der Waals surface area contributed by atoms with Crippen LogP contribution in [0.1, 0.15) is 23.6 Å². The highest BCUT2D eigenvalue weighted by Crippen LogP contribution is 2.25. The Hall–Kier alpha value is -1.99. The van der Waals surface area contributed by atoms with Crippen LogP contribution in [0.5, 0.6) is 5.75 Å². The molecule has 0 aliphatic heterocycles. The van der Waals surface area contributed by atoms with Gasteiger partial charge in [-0.1, -0.05) is 18.1 Å². The standard InChI is InChI=1S/C15H19NO3/c1-5-6-16-15(18)12(4)19-14-10(2)7-13(9-17)8-11(14)3/h1,7-8,12,17H,6,9H2,2-4H3,(H,16,18). The van der Waals surface area contributed by atoms with Crippen molar-refractivity contribution in [2.75, 3.05) is 6.54 Å². The summed E-state index contributed by atoms with van der Waals surface area (Å²) in [5, 5.41) is 11.7. The second-order valence-electron chi connectivity index (χ2n) is 4.40. The summed E-state index contributed by atoms with van der Waals surface area (Å²) in [5.74, 6) is 2.76. The predicted octanol–water partition coefficient (Wildman–Crippen LogP) is 1.31. The molecule has 1 aromatic carbocycles. The number of aliphatic hydroxyl groups is 1. The number of carbonyl (C=O) groups excluding carboxylic acids is 1. The van der Waals surface area contributed by atoms with Crippen LogP contribution < -0.4 is 10.1 Å². The lowest BCUT2D eigenvalue weighted by molar-refractivity contribution is -0.127. The fourth-order valence-corrected chi connectivity index (χ4v) is 1.83. The molecule has 0 saturated heterocycles. The van der Waals surface area contributed by atoms with E-state index >= 15 is 0 Å². The average molecular weight is 261 g/mol. The lowest BCUT2D eigenvalue weighted by atomic mass is 10.1. The number of ether oxygens (including phenoxy) is 1. The topological polar surface area (TPSA) is 58.6 Å². The molecule has 0 aliphatic carbocycles. The minimum absolute atomic E-state index is 0.0137. The van der Waals surface area contributed by atoms with Crippen LogP contribution in [0.15, 0.2) is 12.1 Å². The van der Waals surface area contributed by atoms with Crippen LogP contribution in [0, 0.1) is 26.2 Å². The van der Waals surface area contributed by atoms with Crippen LogP contribution in [0.25, 0.3) is 0 Å². The summed E-state index contributed by atoms with van der Waals surface area (Å²) in [5.41, 5.74) is 2.60. The molecule has 1 amide bonds. The number of carbonyl (C=O) groups is 1. The molecule has 0 heterocycles. The van der Waals surface area contributed by atoms with E-state index in [1.807, 2.05) is 26.0 Å². The third kappa shape index (κ3) is 4.01. The first-order valence-corrected chi connectivity index (χ1v) is 6.08. The minimum Gasteiger partial charge on any atom is -0.480 e. The van der Waals surface area contributed by atoms with Gasteiger partial charge in [0, 0.05) is 0 Å². The van der Waals surface area contributed by atoms with Gasteiger partial charge in [-0.25, -0.2) is 0 Å². The van der Waals surface area contributed by atoms with Crippen molar-refractivity contribution in [2.45, 2.75) is 33.5 Å². The van der Waals surface area contributed by atoms with Crippen molar-refractivity contribution in [3.05, 3.63) is 28.8 Å². The van der Waals surface area contributed by atoms with E-state index in [9.17, 15) is 4.79 Å². The molecule has 19 heavy (non-hydrogen) atoms. The van der Waals surface area contributed by atoms with E-state index in [4.69, 9.17) is 16.3 Å². The third-order valence-electron chi connectivity index (χ3n) is 2.73. The summed E-state index contributed by atoms with van der Waals surface area (Å²) in [6.45, 7) is 5.61. The zero-order valence-corrected chi connectivity index (χ0v) is 11.5. The smallest absolute Gasteiger partial charge is 0.261 e. The molecular weight excluding hydrogens is 242 g/mol. The SMILES string of the molecule is C#CCNC(=O)C(C)Oc1c(C)cc(CO)cc1C. The number of amides is 1. The zero-order valence-electron chi connectivity index (χ0n) is 11.5. The monoisotopic (exact) mass is 261 g/mol. The summed E-state index contributed by atoms with van der Waals surface area (Å²) < 4.78 is 5.67. The van der Waals surface area contributed by atoms with Crippen LogP contribution in [0.4, 0.5) is 0 Å². The number of hydrogen-bond acceptors (Lipinski definition) is 3. The van der Waals surface area contributed by atoms with Crippen LogP contribution in [-0.4, -0.2) is 23.7 Å². The van der Waals surface area contributed by atoms with Crippen molar-refractivity contribution >= 4 is 5.91 Å². The average Bonchev–Trinajstić information content (AvgIpc) is 2.39. The molecule has 4 nitrogen and oxygen atoms in total. The van der Waals surface area contributed by atoms with Crippen molar-refractivity contribution in [3.63, 3.8) is 0 Å². The highest BCUT2D eigenvalue weighted by Gasteiger charge is 2.16. The number of terminal acetylenes is 1. The number of hydrogen-bond donors (Lipinski definition) is 2. The first-order chi connectivity index (χ1) is 8.99. The van der Waals surface area contributed by atoms with Crippen molar-refractivity contribution in [2.24, 2.45) is 0 Å². The number of aryl methyl sites for hydroxylation is 2. The Morgan fingerprint density at radius 3 is 2.53 bits per heavy atom. The van der Waals surface area contributed by atoms with Gasteiger partial charge < -0.3 is 15.2 Å². The molecule has 0 spiro atoms. The van der Waals surface area contributed by atoms with Crippen molar-refractivity contribution in [1.82, 2.24) is 5.32 Å². The van der Waals surface area contributed by atoms with Crippen LogP contribution in [-0.2, 0) is 11.4 Å². The Morgan fingerprint density at radius 2 is 2.05 bits per heavy atom. The van der Waals surface area contributed by atoms with Gasteiger partial charge >= 0.3 is 0 Å². The largest absolute Gasteiger partial charge is 0.480 e. The maximum atomic E-state index is 11.7. The summed E-state index contributed by atoms with van der Waals surface area (Å²) in [6, 6.07) is 3.68. The van der Waals surface area contributed by atoms with E-state index in [0.717, 1.165) is 16.7 Å². The maximum Gasteiger partial charge on any atom is 0.261 e. The van der Waals surface area contributed by atoms with Gasteiger partial charge in [0.05, 0.1) is 13.2 Å². The minimum atomic E-state index is -0.620. The van der Waals surface area contributed by atoms with Gasteiger partial charge in [0.15, 0.2) is 6.10 Å². The lowest BCUT2D eigenvalue weighted by Gasteiger charge is -2.18. The molecule has 0 radical (unpaired) electrons. The normalized spacial score (nSPS) is 11.5. The quantitative estimate of drug-likeness (QED) is 0.786. The number of rotatable bonds is 5. The van der Waals surface area contributed by atoms with E-state index in [2.05, 4.69) is 11.2 Å². The van der Waals surface area contributed by atoms with E-state index in [1.54, 1.807) is 6.92 Å². The molecule has 1 aromatic rings. The Labute approximate surface area is 113 Å². The Balaban J connectivity index is 2.82. The van der Waals surface area contributed by atoms with Gasteiger partial charge in [0.25, 0.3) is 5.91 Å². The second-order valence-corrected chi connectivity index (χ2v) is 4.40. The molecule has 0 aliphatic rings. The number of nitrogens with one attached hydrogen (secondary N) is 1. The van der Waals surface area contributed by atoms with Gasteiger partial charge in [-0.15, -0.1) is 6.42 Å². The van der Waals surface area contributed by atoms with Crippen molar-refractivity contribution < 1.29 is 14.6 Å². The van der Waals surface area contributed by atoms with Crippen LogP contribution in [0.3, 0.4) is 0 Å². The highest BCUT2D eigenvalue weighted by atomic mass is 16.5. The molecule has 2 N–H and O–H groups in total. The maximum absolute atomic E-state index is 11.7. The lowest BCUT2D eigenvalue weighted by Crippen LogP contribution is -2.36. The predicted molar refractivity (Wildman–Crippen MR) is 73.8 cm³/mol. The Kier molecular flexibility index (Phi) is 5.40. The first kappa shape index (κ1) is 15.1. The third-order valence-corrected chi connectivity index (χ3v) is 2.73. The fraction of sp³-hybridized carbons (Fsp3) is 0.400. The molecule has 4 heteroatoms. The second kappa shape index (κ2) is 6.81. The molecule has 1 rings (SSSR count). The molecule has 102 valence electrons. The summed E-state index contributed by atoms with van der Waals surface area (Å²) in [4.78, 5) is 11.7.